The third kappa shape index (κ3) is 2.84. The molecule has 1 N–H and O–H groups in total. The van der Waals surface area contributed by atoms with Crippen LogP contribution < -0.4 is 5.32 Å². The van der Waals surface area contributed by atoms with Gasteiger partial charge in [0.15, 0.2) is 0 Å². The average Bonchev–Trinajstić information content (AvgIpc) is 3.17. The Labute approximate surface area is 131 Å². The first-order chi connectivity index (χ1) is 9.56. The predicted octanol–water partition coefficient (Wildman–Crippen LogP) is 4.52. The minimum absolute atomic E-state index is 0.585. The molecule has 3 heteroatoms. The van der Waals surface area contributed by atoms with Crippen LogP contribution in [0.4, 0.5) is 0 Å². The lowest BCUT2D eigenvalue weighted by Gasteiger charge is -2.23. The van der Waals surface area contributed by atoms with Crippen molar-refractivity contribution < 1.29 is 0 Å². The van der Waals surface area contributed by atoms with Gasteiger partial charge in [-0.25, -0.2) is 0 Å². The molecule has 1 atom stereocenters. The Morgan fingerprint density at radius 2 is 2.15 bits per heavy atom. The maximum atomic E-state index is 5.42. The number of nitrogens with one attached hydrogen (secondary N) is 1. The Morgan fingerprint density at radius 1 is 1.40 bits per heavy atom. The van der Waals surface area contributed by atoms with Crippen LogP contribution in [-0.4, -0.2) is 11.4 Å². The minimum Gasteiger partial charge on any atom is -0.385 e. The van der Waals surface area contributed by atoms with Crippen molar-refractivity contribution in [2.24, 2.45) is 11.8 Å². The molecule has 1 heterocycles. The molecule has 0 saturated heterocycles. The van der Waals surface area contributed by atoms with E-state index in [2.05, 4.69) is 25.7 Å². The van der Waals surface area contributed by atoms with Crippen LogP contribution >= 0.6 is 23.6 Å². The molecule has 1 saturated carbocycles. The Balaban J connectivity index is 1.81. The highest BCUT2D eigenvalue weighted by Gasteiger charge is 2.27. The smallest absolute Gasteiger partial charge is 0.0354 e. The largest absolute Gasteiger partial charge is 0.385 e. The van der Waals surface area contributed by atoms with E-state index < -0.39 is 0 Å². The van der Waals surface area contributed by atoms with Crippen LogP contribution in [0.5, 0.6) is 0 Å². The molecule has 1 aromatic heterocycles. The predicted molar refractivity (Wildman–Crippen MR) is 92.6 cm³/mol. The molecule has 20 heavy (non-hydrogen) atoms. The third-order valence-corrected chi connectivity index (χ3v) is 6.16. The zero-order valence-electron chi connectivity index (χ0n) is 12.4. The van der Waals surface area contributed by atoms with Crippen molar-refractivity contribution >= 4 is 34.1 Å². The summed E-state index contributed by atoms with van der Waals surface area (Å²) in [6, 6.07) is 0. The zero-order valence-corrected chi connectivity index (χ0v) is 14.1. The van der Waals surface area contributed by atoms with Crippen LogP contribution in [0.25, 0.3) is 5.70 Å². The van der Waals surface area contributed by atoms with Gasteiger partial charge in [0.2, 0.25) is 0 Å². The summed E-state index contributed by atoms with van der Waals surface area (Å²) in [6.45, 7) is 9.73. The molecule has 1 unspecified atom stereocenters. The highest BCUT2D eigenvalue weighted by Crippen LogP contribution is 2.39. The van der Waals surface area contributed by atoms with Gasteiger partial charge in [0, 0.05) is 27.6 Å². The molecule has 1 fully saturated rings. The number of rotatable bonds is 5. The Kier molecular flexibility index (Phi) is 4.00. The molecule has 0 aliphatic heterocycles. The van der Waals surface area contributed by atoms with Gasteiger partial charge in [0.05, 0.1) is 0 Å². The number of fused-ring (bicyclic) bond motifs is 1. The van der Waals surface area contributed by atoms with Crippen LogP contribution in [0.3, 0.4) is 0 Å². The summed E-state index contributed by atoms with van der Waals surface area (Å²) < 4.78 is 0. The summed E-state index contributed by atoms with van der Waals surface area (Å²) in [4.78, 5) is 4.16. The van der Waals surface area contributed by atoms with Crippen molar-refractivity contribution in [3.63, 3.8) is 0 Å². The van der Waals surface area contributed by atoms with Crippen LogP contribution in [0.1, 0.15) is 47.1 Å². The summed E-state index contributed by atoms with van der Waals surface area (Å²) >= 11 is 7.38. The SMILES string of the molecule is C=C(NCC1CC1)c1c(C)sc2c1CC(C(C)=S)CC2. The van der Waals surface area contributed by atoms with E-state index in [9.17, 15) is 0 Å². The molecule has 1 aromatic rings. The molecule has 1 nitrogen and oxygen atoms in total. The fraction of sp³-hybridized carbons (Fsp3) is 0.588. The van der Waals surface area contributed by atoms with Gasteiger partial charge in [-0.15, -0.1) is 11.3 Å². The molecule has 0 amide bonds. The maximum absolute atomic E-state index is 5.42. The topological polar surface area (TPSA) is 12.0 Å². The molecule has 3 rings (SSSR count). The van der Waals surface area contributed by atoms with E-state index in [1.807, 2.05) is 11.3 Å². The number of aryl methyl sites for hydroxylation is 2. The van der Waals surface area contributed by atoms with Gasteiger partial charge in [-0.1, -0.05) is 18.8 Å². The minimum atomic E-state index is 0.585. The fourth-order valence-electron chi connectivity index (χ4n) is 3.14. The number of hydrogen-bond donors (Lipinski definition) is 1. The summed E-state index contributed by atoms with van der Waals surface area (Å²) in [7, 11) is 0. The first-order valence-electron chi connectivity index (χ1n) is 7.61. The molecule has 2 aliphatic carbocycles. The van der Waals surface area contributed by atoms with Crippen molar-refractivity contribution in [1.82, 2.24) is 5.32 Å². The Hall–Kier alpha value is -0.670. The molecular weight excluding hydrogens is 282 g/mol. The molecule has 0 aromatic carbocycles. The average molecular weight is 306 g/mol. The number of hydrogen-bond acceptors (Lipinski definition) is 3. The van der Waals surface area contributed by atoms with E-state index in [1.54, 1.807) is 4.88 Å². The van der Waals surface area contributed by atoms with Gasteiger partial charge in [-0.3, -0.25) is 0 Å². The first kappa shape index (κ1) is 14.3. The molecular formula is C17H23NS2. The number of thiophene rings is 1. The highest BCUT2D eigenvalue weighted by molar-refractivity contribution is 7.80. The van der Waals surface area contributed by atoms with Crippen molar-refractivity contribution in [3.8, 4) is 0 Å². The molecule has 0 radical (unpaired) electrons. The second-order valence-corrected chi connectivity index (χ2v) is 8.24. The van der Waals surface area contributed by atoms with Crippen molar-refractivity contribution in [1.29, 1.82) is 0 Å². The van der Waals surface area contributed by atoms with Gasteiger partial charge in [-0.2, -0.15) is 0 Å². The second-order valence-electron chi connectivity index (χ2n) is 6.29. The van der Waals surface area contributed by atoms with E-state index in [0.29, 0.717) is 5.92 Å². The Bertz CT molecular complexity index is 552. The van der Waals surface area contributed by atoms with E-state index in [-0.39, 0.29) is 0 Å². The van der Waals surface area contributed by atoms with Gasteiger partial charge >= 0.3 is 0 Å². The maximum Gasteiger partial charge on any atom is 0.0354 e. The van der Waals surface area contributed by atoms with E-state index >= 15 is 0 Å². The molecule has 0 bridgehead atoms. The highest BCUT2D eigenvalue weighted by atomic mass is 32.1. The Morgan fingerprint density at radius 3 is 2.80 bits per heavy atom. The van der Waals surface area contributed by atoms with Crippen LogP contribution in [0, 0.1) is 18.8 Å². The number of thiocarbonyl (C=S) groups is 1. The van der Waals surface area contributed by atoms with Crippen molar-refractivity contribution in [2.45, 2.75) is 46.0 Å². The van der Waals surface area contributed by atoms with Gasteiger partial charge in [0.25, 0.3) is 0 Å². The lowest BCUT2D eigenvalue weighted by atomic mass is 9.84. The van der Waals surface area contributed by atoms with Crippen LogP contribution in [-0.2, 0) is 12.8 Å². The second kappa shape index (κ2) is 5.61. The van der Waals surface area contributed by atoms with Gasteiger partial charge in [-0.05, 0) is 68.2 Å². The summed E-state index contributed by atoms with van der Waals surface area (Å²) in [5, 5.41) is 3.56. The quantitative estimate of drug-likeness (QED) is 0.803. The molecule has 0 spiro atoms. The monoisotopic (exact) mass is 305 g/mol. The molecule has 108 valence electrons. The van der Waals surface area contributed by atoms with Crippen molar-refractivity contribution in [2.75, 3.05) is 6.54 Å². The third-order valence-electron chi connectivity index (χ3n) is 4.61. The first-order valence-corrected chi connectivity index (χ1v) is 8.83. The van der Waals surface area contributed by atoms with Gasteiger partial charge < -0.3 is 5.32 Å². The van der Waals surface area contributed by atoms with E-state index in [4.69, 9.17) is 12.2 Å². The van der Waals surface area contributed by atoms with E-state index in [1.165, 1.54) is 46.6 Å². The standard InChI is InChI=1S/C17H23NS2/c1-10(18-9-13-4-5-13)17-12(3)20-16-7-6-14(11(2)19)8-15(16)17/h13-14,18H,1,4-9H2,2-3H3. The molecule has 2 aliphatic rings. The lowest BCUT2D eigenvalue weighted by Crippen LogP contribution is -2.21. The summed E-state index contributed by atoms with van der Waals surface area (Å²) in [6.07, 6.45) is 6.30. The van der Waals surface area contributed by atoms with E-state index in [0.717, 1.165) is 24.6 Å². The van der Waals surface area contributed by atoms with Crippen molar-refractivity contribution in [3.05, 3.63) is 27.5 Å². The normalized spacial score (nSPS) is 21.4. The van der Waals surface area contributed by atoms with Crippen LogP contribution in [0.15, 0.2) is 6.58 Å². The fourth-order valence-corrected chi connectivity index (χ4v) is 4.59. The zero-order chi connectivity index (χ0) is 14.3. The van der Waals surface area contributed by atoms with Crippen LogP contribution in [0.2, 0.25) is 0 Å². The van der Waals surface area contributed by atoms with Gasteiger partial charge in [0.1, 0.15) is 0 Å². The lowest BCUT2D eigenvalue weighted by molar-refractivity contribution is 0.594. The summed E-state index contributed by atoms with van der Waals surface area (Å²) in [5.74, 6) is 1.47. The summed E-state index contributed by atoms with van der Waals surface area (Å²) in [5.41, 5.74) is 4.06.